The second-order valence-corrected chi connectivity index (χ2v) is 6.05. The van der Waals surface area contributed by atoms with Gasteiger partial charge in [-0.25, -0.2) is 4.98 Å². The molecule has 0 bridgehead atoms. The van der Waals surface area contributed by atoms with E-state index in [0.717, 1.165) is 44.8 Å². The minimum absolute atomic E-state index is 0.151. The minimum atomic E-state index is -0.151. The van der Waals surface area contributed by atoms with E-state index in [1.54, 1.807) is 6.20 Å². The number of aryl methyl sites for hydroxylation is 1. The molecule has 1 atom stereocenters. The first kappa shape index (κ1) is 17.8. The summed E-state index contributed by atoms with van der Waals surface area (Å²) >= 11 is 0. The highest BCUT2D eigenvalue weighted by atomic mass is 16.5. The van der Waals surface area contributed by atoms with E-state index in [1.165, 1.54) is 6.20 Å². The van der Waals surface area contributed by atoms with Gasteiger partial charge in [-0.1, -0.05) is 26.7 Å². The van der Waals surface area contributed by atoms with E-state index in [9.17, 15) is 4.79 Å². The molecular weight excluding hydrogens is 292 g/mol. The standard InChI is InChI=1S/C17H28N4O2/c1-4-14(5-2)16(21-6-8-23-9-7-21)12-20-17(22)15-11-18-13(3)10-19-15/h10-11,14,16H,4-9,12H2,1-3H3,(H,20,22)/t16-/m0/s1. The van der Waals surface area contributed by atoms with Crippen molar-refractivity contribution in [2.75, 3.05) is 32.8 Å². The zero-order valence-electron chi connectivity index (χ0n) is 14.4. The molecule has 0 unspecified atom stereocenters. The summed E-state index contributed by atoms with van der Waals surface area (Å²) in [4.78, 5) is 23.0. The number of aromatic nitrogens is 2. The lowest BCUT2D eigenvalue weighted by Crippen LogP contribution is -2.52. The fourth-order valence-electron chi connectivity index (χ4n) is 3.13. The van der Waals surface area contributed by atoms with Crippen molar-refractivity contribution in [3.8, 4) is 0 Å². The topological polar surface area (TPSA) is 67.4 Å². The van der Waals surface area contributed by atoms with Crippen LogP contribution in [0.2, 0.25) is 0 Å². The fraction of sp³-hybridized carbons (Fsp3) is 0.706. The average molecular weight is 320 g/mol. The van der Waals surface area contributed by atoms with Crippen molar-refractivity contribution in [1.29, 1.82) is 0 Å². The van der Waals surface area contributed by atoms with Crippen molar-refractivity contribution < 1.29 is 9.53 Å². The molecule has 6 heteroatoms. The first-order chi connectivity index (χ1) is 11.2. The van der Waals surface area contributed by atoms with Gasteiger partial charge in [0, 0.05) is 31.9 Å². The number of hydrogen-bond donors (Lipinski definition) is 1. The van der Waals surface area contributed by atoms with Crippen LogP contribution in [0.4, 0.5) is 0 Å². The summed E-state index contributed by atoms with van der Waals surface area (Å²) in [6.45, 7) is 10.3. The smallest absolute Gasteiger partial charge is 0.271 e. The molecule has 0 saturated carbocycles. The number of nitrogens with one attached hydrogen (secondary N) is 1. The number of carbonyl (C=O) groups is 1. The van der Waals surface area contributed by atoms with E-state index in [0.29, 0.717) is 24.2 Å². The van der Waals surface area contributed by atoms with Crippen LogP contribution in [0.5, 0.6) is 0 Å². The molecule has 0 radical (unpaired) electrons. The third-order valence-electron chi connectivity index (χ3n) is 4.59. The van der Waals surface area contributed by atoms with E-state index < -0.39 is 0 Å². The predicted octanol–water partition coefficient (Wildman–Crippen LogP) is 1.65. The molecule has 1 amide bonds. The molecule has 0 spiro atoms. The van der Waals surface area contributed by atoms with Crippen LogP contribution in [0, 0.1) is 12.8 Å². The Hall–Kier alpha value is -1.53. The van der Waals surface area contributed by atoms with Gasteiger partial charge in [-0.15, -0.1) is 0 Å². The number of amides is 1. The maximum atomic E-state index is 12.3. The van der Waals surface area contributed by atoms with Gasteiger partial charge in [-0.05, 0) is 12.8 Å². The Morgan fingerprint density at radius 1 is 1.26 bits per heavy atom. The van der Waals surface area contributed by atoms with E-state index >= 15 is 0 Å². The summed E-state index contributed by atoms with van der Waals surface area (Å²) in [5.74, 6) is 0.416. The molecule has 1 saturated heterocycles. The highest BCUT2D eigenvalue weighted by Gasteiger charge is 2.27. The Labute approximate surface area is 138 Å². The first-order valence-corrected chi connectivity index (χ1v) is 8.54. The molecule has 128 valence electrons. The lowest BCUT2D eigenvalue weighted by Gasteiger charge is -2.38. The van der Waals surface area contributed by atoms with Crippen LogP contribution in [0.3, 0.4) is 0 Å². The highest BCUT2D eigenvalue weighted by Crippen LogP contribution is 2.19. The summed E-state index contributed by atoms with van der Waals surface area (Å²) in [5, 5.41) is 3.04. The SMILES string of the molecule is CCC(CC)[C@H](CNC(=O)c1cnc(C)cn1)N1CCOCC1. The number of morpholine rings is 1. The molecule has 1 aromatic heterocycles. The molecule has 2 rings (SSSR count). The van der Waals surface area contributed by atoms with Gasteiger partial charge < -0.3 is 10.1 Å². The Morgan fingerprint density at radius 3 is 2.52 bits per heavy atom. The maximum absolute atomic E-state index is 12.3. The van der Waals surface area contributed by atoms with Crippen LogP contribution in [0.1, 0.15) is 42.9 Å². The Kier molecular flexibility index (Phi) is 6.92. The number of hydrogen-bond acceptors (Lipinski definition) is 5. The molecular formula is C17H28N4O2. The number of nitrogens with zero attached hydrogens (tertiary/aromatic N) is 3. The number of ether oxygens (including phenoxy) is 1. The summed E-state index contributed by atoms with van der Waals surface area (Å²) in [6, 6.07) is 0.344. The van der Waals surface area contributed by atoms with Gasteiger partial charge in [-0.3, -0.25) is 14.7 Å². The Balaban J connectivity index is 1.99. The number of rotatable bonds is 7. The van der Waals surface area contributed by atoms with Crippen molar-refractivity contribution in [3.05, 3.63) is 23.8 Å². The van der Waals surface area contributed by atoms with Crippen LogP contribution < -0.4 is 5.32 Å². The predicted molar refractivity (Wildman–Crippen MR) is 89.4 cm³/mol. The zero-order valence-corrected chi connectivity index (χ0v) is 14.4. The molecule has 2 heterocycles. The van der Waals surface area contributed by atoms with Gasteiger partial charge in [0.25, 0.3) is 5.91 Å². The molecule has 1 aromatic rings. The Bertz CT molecular complexity index is 482. The van der Waals surface area contributed by atoms with Crippen LogP contribution in [-0.2, 0) is 4.74 Å². The van der Waals surface area contributed by atoms with E-state index in [-0.39, 0.29) is 5.91 Å². The molecule has 0 aliphatic carbocycles. The van der Waals surface area contributed by atoms with Crippen molar-refractivity contribution in [2.24, 2.45) is 5.92 Å². The molecule has 6 nitrogen and oxygen atoms in total. The largest absolute Gasteiger partial charge is 0.379 e. The van der Waals surface area contributed by atoms with Crippen molar-refractivity contribution in [3.63, 3.8) is 0 Å². The van der Waals surface area contributed by atoms with Gasteiger partial charge in [-0.2, -0.15) is 0 Å². The van der Waals surface area contributed by atoms with Crippen molar-refractivity contribution in [2.45, 2.75) is 39.7 Å². The lowest BCUT2D eigenvalue weighted by molar-refractivity contribution is 0.00190. The lowest BCUT2D eigenvalue weighted by atomic mass is 9.92. The van der Waals surface area contributed by atoms with Crippen LogP contribution in [0.25, 0.3) is 0 Å². The second-order valence-electron chi connectivity index (χ2n) is 6.05. The summed E-state index contributed by atoms with van der Waals surface area (Å²) in [6.07, 6.45) is 5.37. The van der Waals surface area contributed by atoms with E-state index in [1.807, 2.05) is 6.92 Å². The maximum Gasteiger partial charge on any atom is 0.271 e. The van der Waals surface area contributed by atoms with Crippen LogP contribution in [0.15, 0.2) is 12.4 Å². The highest BCUT2D eigenvalue weighted by molar-refractivity contribution is 5.91. The molecule has 23 heavy (non-hydrogen) atoms. The molecule has 1 aliphatic rings. The van der Waals surface area contributed by atoms with Gasteiger partial charge in [0.15, 0.2) is 0 Å². The van der Waals surface area contributed by atoms with Crippen molar-refractivity contribution in [1.82, 2.24) is 20.2 Å². The number of carbonyl (C=O) groups excluding carboxylic acids is 1. The van der Waals surface area contributed by atoms with Crippen molar-refractivity contribution >= 4 is 5.91 Å². The molecule has 1 aliphatic heterocycles. The van der Waals surface area contributed by atoms with Gasteiger partial charge in [0.2, 0.25) is 0 Å². The fourth-order valence-corrected chi connectivity index (χ4v) is 3.13. The monoisotopic (exact) mass is 320 g/mol. The van der Waals surface area contributed by atoms with Crippen LogP contribution in [-0.4, -0.2) is 59.7 Å². The van der Waals surface area contributed by atoms with E-state index in [2.05, 4.69) is 34.0 Å². The minimum Gasteiger partial charge on any atom is -0.379 e. The van der Waals surface area contributed by atoms with Gasteiger partial charge >= 0.3 is 0 Å². The quantitative estimate of drug-likeness (QED) is 0.827. The Morgan fingerprint density at radius 2 is 1.96 bits per heavy atom. The summed E-state index contributed by atoms with van der Waals surface area (Å²) in [5.41, 5.74) is 1.19. The summed E-state index contributed by atoms with van der Waals surface area (Å²) < 4.78 is 5.46. The summed E-state index contributed by atoms with van der Waals surface area (Å²) in [7, 11) is 0. The first-order valence-electron chi connectivity index (χ1n) is 8.54. The van der Waals surface area contributed by atoms with Gasteiger partial charge in [0.1, 0.15) is 5.69 Å². The third kappa shape index (κ3) is 4.97. The average Bonchev–Trinajstić information content (AvgIpc) is 2.59. The van der Waals surface area contributed by atoms with Crippen LogP contribution >= 0.6 is 0 Å². The second kappa shape index (κ2) is 8.93. The zero-order chi connectivity index (χ0) is 16.7. The van der Waals surface area contributed by atoms with Gasteiger partial charge in [0.05, 0.1) is 25.1 Å². The molecule has 0 aromatic carbocycles. The molecule has 1 N–H and O–H groups in total. The van der Waals surface area contributed by atoms with E-state index in [4.69, 9.17) is 4.74 Å². The normalized spacial score (nSPS) is 17.2. The molecule has 1 fully saturated rings. The third-order valence-corrected chi connectivity index (χ3v) is 4.59.